The van der Waals surface area contributed by atoms with Gasteiger partial charge in [0.15, 0.2) is 0 Å². The van der Waals surface area contributed by atoms with Crippen LogP contribution in [0.1, 0.15) is 43.2 Å². The van der Waals surface area contributed by atoms with Crippen LogP contribution in [0.5, 0.6) is 0 Å². The van der Waals surface area contributed by atoms with Crippen molar-refractivity contribution in [2.75, 3.05) is 6.54 Å². The highest BCUT2D eigenvalue weighted by molar-refractivity contribution is 5.74. The van der Waals surface area contributed by atoms with Crippen LogP contribution >= 0.6 is 0 Å². The van der Waals surface area contributed by atoms with Gasteiger partial charge in [-0.1, -0.05) is 43.5 Å². The molecule has 0 spiro atoms. The van der Waals surface area contributed by atoms with Crippen LogP contribution in [-0.4, -0.2) is 40.8 Å². The summed E-state index contributed by atoms with van der Waals surface area (Å²) in [7, 11) is 0. The summed E-state index contributed by atoms with van der Waals surface area (Å²) in [6.45, 7) is 1.58. The molecule has 1 aromatic rings. The predicted molar refractivity (Wildman–Crippen MR) is 97.9 cm³/mol. The summed E-state index contributed by atoms with van der Waals surface area (Å²) in [5.74, 6) is -0.0148. The van der Waals surface area contributed by atoms with Gasteiger partial charge in [-0.25, -0.2) is 0 Å². The van der Waals surface area contributed by atoms with Gasteiger partial charge in [-0.15, -0.1) is 0 Å². The number of piperidine rings is 1. The van der Waals surface area contributed by atoms with Gasteiger partial charge in [0, 0.05) is 6.54 Å². The number of hydrogen-bond acceptors (Lipinski definition) is 4. The fourth-order valence-electron chi connectivity index (χ4n) is 4.36. The van der Waals surface area contributed by atoms with Gasteiger partial charge in [0.05, 0.1) is 0 Å². The molecule has 1 aromatic carbocycles. The average molecular weight is 360 g/mol. The second-order valence-corrected chi connectivity index (χ2v) is 7.58. The molecule has 2 unspecified atom stereocenters. The van der Waals surface area contributed by atoms with E-state index < -0.39 is 18.0 Å². The van der Waals surface area contributed by atoms with Crippen molar-refractivity contribution in [3.63, 3.8) is 0 Å². The molecule has 0 radical (unpaired) electrons. The van der Waals surface area contributed by atoms with Crippen molar-refractivity contribution < 1.29 is 19.8 Å². The average Bonchev–Trinajstić information content (AvgIpc) is 2.67. The lowest BCUT2D eigenvalue weighted by molar-refractivity contribution is -0.141. The topological polar surface area (TPSA) is 98.7 Å². The van der Waals surface area contributed by atoms with Gasteiger partial charge in [-0.3, -0.25) is 9.59 Å². The first-order chi connectivity index (χ1) is 12.5. The van der Waals surface area contributed by atoms with E-state index in [1.165, 1.54) is 31.2 Å². The minimum Gasteiger partial charge on any atom is -0.480 e. The third-order valence-electron chi connectivity index (χ3n) is 5.91. The number of nitrogens with one attached hydrogen (secondary N) is 2. The van der Waals surface area contributed by atoms with Crippen molar-refractivity contribution in [2.45, 2.75) is 57.2 Å². The van der Waals surface area contributed by atoms with E-state index >= 15 is 0 Å². The highest BCUT2D eigenvalue weighted by Gasteiger charge is 2.34. The highest BCUT2D eigenvalue weighted by atomic mass is 16.4. The lowest BCUT2D eigenvalue weighted by Crippen LogP contribution is -2.48. The molecule has 0 bridgehead atoms. The molecule has 1 saturated heterocycles. The predicted octanol–water partition coefficient (Wildman–Crippen LogP) is 2.02. The maximum absolute atomic E-state index is 10.8. The Labute approximate surface area is 154 Å². The van der Waals surface area contributed by atoms with Crippen molar-refractivity contribution in [1.29, 1.82) is 0 Å². The quantitative estimate of drug-likeness (QED) is 0.644. The summed E-state index contributed by atoms with van der Waals surface area (Å²) >= 11 is 0. The summed E-state index contributed by atoms with van der Waals surface area (Å²) in [5, 5.41) is 23.8. The molecule has 4 N–H and O–H groups in total. The van der Waals surface area contributed by atoms with Crippen LogP contribution in [-0.2, 0) is 22.6 Å². The maximum Gasteiger partial charge on any atom is 0.321 e. The maximum atomic E-state index is 10.8. The van der Waals surface area contributed by atoms with Crippen molar-refractivity contribution in [3.05, 3.63) is 35.4 Å². The molecule has 0 amide bonds. The normalized spacial score (nSPS) is 30.2. The highest BCUT2D eigenvalue weighted by Crippen LogP contribution is 2.35. The van der Waals surface area contributed by atoms with E-state index in [4.69, 9.17) is 10.2 Å². The number of rotatable bonds is 2. The largest absolute Gasteiger partial charge is 0.480 e. The minimum atomic E-state index is -0.769. The number of carboxylic acid groups (broad SMARTS) is 2. The molecule has 2 heterocycles. The zero-order valence-corrected chi connectivity index (χ0v) is 15.0. The van der Waals surface area contributed by atoms with E-state index in [0.717, 1.165) is 24.4 Å². The van der Waals surface area contributed by atoms with Gasteiger partial charge in [-0.2, -0.15) is 0 Å². The molecule has 142 valence electrons. The van der Waals surface area contributed by atoms with Crippen LogP contribution < -0.4 is 10.6 Å². The summed E-state index contributed by atoms with van der Waals surface area (Å²) < 4.78 is 0. The summed E-state index contributed by atoms with van der Waals surface area (Å²) in [5.41, 5.74) is 2.36. The first kappa shape index (κ1) is 18.9. The van der Waals surface area contributed by atoms with Crippen molar-refractivity contribution >= 4 is 11.9 Å². The van der Waals surface area contributed by atoms with Gasteiger partial charge in [0.25, 0.3) is 0 Å². The van der Waals surface area contributed by atoms with E-state index in [9.17, 15) is 9.59 Å². The van der Waals surface area contributed by atoms with Crippen LogP contribution in [0.25, 0.3) is 0 Å². The molecular formula is C20H28N2O4. The van der Waals surface area contributed by atoms with Crippen LogP contribution in [0.2, 0.25) is 0 Å². The molecular weight excluding hydrogens is 332 g/mol. The van der Waals surface area contributed by atoms with Crippen molar-refractivity contribution in [3.8, 4) is 0 Å². The number of hydrogen-bond donors (Lipinski definition) is 4. The zero-order chi connectivity index (χ0) is 18.5. The molecule has 0 aromatic heterocycles. The Morgan fingerprint density at radius 3 is 2.23 bits per heavy atom. The molecule has 4 rings (SSSR count). The Bertz CT molecular complexity index is 648. The van der Waals surface area contributed by atoms with E-state index in [2.05, 4.69) is 10.6 Å². The molecule has 1 saturated carbocycles. The molecule has 6 heteroatoms. The molecule has 6 nitrogen and oxygen atoms in total. The molecule has 2 aliphatic heterocycles. The van der Waals surface area contributed by atoms with Gasteiger partial charge in [0.1, 0.15) is 12.1 Å². The van der Waals surface area contributed by atoms with Gasteiger partial charge < -0.3 is 20.8 Å². The van der Waals surface area contributed by atoms with Gasteiger partial charge >= 0.3 is 11.9 Å². The third kappa shape index (κ3) is 4.62. The number of benzene rings is 1. The second-order valence-electron chi connectivity index (χ2n) is 7.58. The molecule has 2 fully saturated rings. The monoisotopic (exact) mass is 360 g/mol. The van der Waals surface area contributed by atoms with E-state index in [0.29, 0.717) is 18.9 Å². The molecule has 1 aliphatic carbocycles. The van der Waals surface area contributed by atoms with Gasteiger partial charge in [0.2, 0.25) is 0 Å². The van der Waals surface area contributed by atoms with Crippen LogP contribution in [0.4, 0.5) is 0 Å². The van der Waals surface area contributed by atoms with E-state index in [-0.39, 0.29) is 6.04 Å². The molecule has 26 heavy (non-hydrogen) atoms. The Kier molecular flexibility index (Phi) is 6.27. The Morgan fingerprint density at radius 1 is 0.885 bits per heavy atom. The van der Waals surface area contributed by atoms with E-state index in [1.54, 1.807) is 0 Å². The molecule has 3 aliphatic rings. The van der Waals surface area contributed by atoms with Crippen LogP contribution in [0.3, 0.4) is 0 Å². The third-order valence-corrected chi connectivity index (χ3v) is 5.91. The minimum absolute atomic E-state index is 0.278. The number of carboxylic acids is 2. The summed E-state index contributed by atoms with van der Waals surface area (Å²) in [6.07, 6.45) is 6.61. The first-order valence-corrected chi connectivity index (χ1v) is 9.53. The second kappa shape index (κ2) is 8.64. The Hall–Kier alpha value is -1.92. The van der Waals surface area contributed by atoms with E-state index in [1.807, 2.05) is 24.3 Å². The van der Waals surface area contributed by atoms with Gasteiger partial charge in [-0.05, 0) is 48.8 Å². The van der Waals surface area contributed by atoms with Crippen molar-refractivity contribution in [1.82, 2.24) is 10.6 Å². The number of aliphatic carboxylic acids is 2. The SMILES string of the molecule is O=C(O)C1C[C@H]2CCCC[C@H]2CN1.O=C(O)C1Cc2ccccc2CN1. The number of carbonyl (C=O) groups is 2. The lowest BCUT2D eigenvalue weighted by Gasteiger charge is -2.38. The molecule has 4 atom stereocenters. The van der Waals surface area contributed by atoms with Crippen LogP contribution in [0.15, 0.2) is 24.3 Å². The Balaban J connectivity index is 0.000000151. The fraction of sp³-hybridized carbons (Fsp3) is 0.600. The summed E-state index contributed by atoms with van der Waals surface area (Å²) in [6, 6.07) is 7.24. The summed E-state index contributed by atoms with van der Waals surface area (Å²) in [4.78, 5) is 21.5. The van der Waals surface area contributed by atoms with Crippen LogP contribution in [0, 0.1) is 11.8 Å². The standard InChI is InChI=1S/C10H17NO2.C10H11NO2/c2*12-10(13)9-5-7-3-1-2-4-8(7)6-11-9/h7-9,11H,1-6H2,(H,12,13);1-4,9,11H,5-6H2,(H,12,13)/t7-,8+,9?;/m1./s1. The lowest BCUT2D eigenvalue weighted by atomic mass is 9.74. The van der Waals surface area contributed by atoms with Crippen molar-refractivity contribution in [2.24, 2.45) is 11.8 Å². The smallest absolute Gasteiger partial charge is 0.321 e. The Morgan fingerprint density at radius 2 is 1.54 bits per heavy atom. The fourth-order valence-corrected chi connectivity index (χ4v) is 4.36. The zero-order valence-electron chi connectivity index (χ0n) is 15.0. The number of fused-ring (bicyclic) bond motifs is 2. The first-order valence-electron chi connectivity index (χ1n) is 9.53.